The second kappa shape index (κ2) is 6.50. The molecule has 4 nitrogen and oxygen atoms in total. The number of aromatic nitrogens is 1. The minimum atomic E-state index is -0.112. The number of aryl methyl sites for hydroxylation is 1. The molecule has 0 aliphatic rings. The zero-order valence-electron chi connectivity index (χ0n) is 11.5. The van der Waals surface area contributed by atoms with Crippen molar-refractivity contribution in [3.63, 3.8) is 0 Å². The van der Waals surface area contributed by atoms with Gasteiger partial charge in [0.25, 0.3) is 5.91 Å². The highest BCUT2D eigenvalue weighted by Gasteiger charge is 2.18. The molecule has 1 aromatic heterocycles. The van der Waals surface area contributed by atoms with Crippen LogP contribution in [-0.2, 0) is 0 Å². The van der Waals surface area contributed by atoms with Gasteiger partial charge in [-0.05, 0) is 43.9 Å². The number of nitrogens with one attached hydrogen (secondary N) is 1. The fourth-order valence-electron chi connectivity index (χ4n) is 1.75. The number of rotatable bonds is 6. The molecular formula is C14H23N3O. The Morgan fingerprint density at radius 2 is 2.17 bits per heavy atom. The Hall–Kier alpha value is -1.42. The van der Waals surface area contributed by atoms with Crippen LogP contribution in [0.4, 0.5) is 0 Å². The molecule has 4 heteroatoms. The van der Waals surface area contributed by atoms with E-state index < -0.39 is 0 Å². The molecule has 0 aromatic carbocycles. The average molecular weight is 249 g/mol. The third kappa shape index (κ3) is 4.84. The molecule has 3 N–H and O–H groups in total. The van der Waals surface area contributed by atoms with Gasteiger partial charge in [-0.25, -0.2) is 4.98 Å². The monoisotopic (exact) mass is 249 g/mol. The lowest BCUT2D eigenvalue weighted by molar-refractivity contribution is 0.0929. The molecule has 0 spiro atoms. The van der Waals surface area contributed by atoms with Crippen molar-refractivity contribution in [1.82, 2.24) is 10.3 Å². The van der Waals surface area contributed by atoms with E-state index in [0.717, 1.165) is 18.5 Å². The van der Waals surface area contributed by atoms with Gasteiger partial charge in [-0.1, -0.05) is 19.9 Å². The van der Waals surface area contributed by atoms with E-state index in [0.29, 0.717) is 18.8 Å². The number of nitrogens with two attached hydrogens (primary N) is 1. The molecule has 1 rings (SSSR count). The molecule has 100 valence electrons. The summed E-state index contributed by atoms with van der Waals surface area (Å²) in [7, 11) is 0. The second-order valence-corrected chi connectivity index (χ2v) is 5.40. The Labute approximate surface area is 109 Å². The fourth-order valence-corrected chi connectivity index (χ4v) is 1.75. The van der Waals surface area contributed by atoms with Crippen LogP contribution in [-0.4, -0.2) is 24.0 Å². The van der Waals surface area contributed by atoms with Crippen molar-refractivity contribution in [2.75, 3.05) is 13.1 Å². The molecule has 0 radical (unpaired) electrons. The van der Waals surface area contributed by atoms with Crippen molar-refractivity contribution in [2.45, 2.75) is 33.6 Å². The Kier molecular flexibility index (Phi) is 5.28. The van der Waals surface area contributed by atoms with Crippen molar-refractivity contribution in [1.29, 1.82) is 0 Å². The molecule has 1 amide bonds. The van der Waals surface area contributed by atoms with Crippen LogP contribution in [0.1, 0.15) is 42.9 Å². The van der Waals surface area contributed by atoms with E-state index in [9.17, 15) is 4.79 Å². The zero-order chi connectivity index (χ0) is 13.6. The maximum atomic E-state index is 11.9. The van der Waals surface area contributed by atoms with Gasteiger partial charge in [0.05, 0.1) is 0 Å². The summed E-state index contributed by atoms with van der Waals surface area (Å²) in [5.74, 6) is -0.112. The predicted octanol–water partition coefficient (Wildman–Crippen LogP) is 1.88. The van der Waals surface area contributed by atoms with Gasteiger partial charge in [0.2, 0.25) is 0 Å². The van der Waals surface area contributed by atoms with Gasteiger partial charge in [-0.3, -0.25) is 4.79 Å². The van der Waals surface area contributed by atoms with Crippen LogP contribution in [0.15, 0.2) is 18.2 Å². The largest absolute Gasteiger partial charge is 0.350 e. The van der Waals surface area contributed by atoms with E-state index in [4.69, 9.17) is 5.73 Å². The highest BCUT2D eigenvalue weighted by Crippen LogP contribution is 2.20. The third-order valence-electron chi connectivity index (χ3n) is 2.91. The van der Waals surface area contributed by atoms with Gasteiger partial charge < -0.3 is 11.1 Å². The lowest BCUT2D eigenvalue weighted by Crippen LogP contribution is -2.34. The SMILES string of the molecule is Cc1cccc(C(=O)NCC(C)(C)CCCN)n1. The Morgan fingerprint density at radius 1 is 1.44 bits per heavy atom. The Morgan fingerprint density at radius 3 is 2.78 bits per heavy atom. The van der Waals surface area contributed by atoms with Crippen LogP contribution in [0.25, 0.3) is 0 Å². The molecule has 0 aliphatic carbocycles. The number of hydrogen-bond acceptors (Lipinski definition) is 3. The summed E-state index contributed by atoms with van der Waals surface area (Å²) in [5.41, 5.74) is 6.90. The first-order chi connectivity index (χ1) is 8.44. The zero-order valence-corrected chi connectivity index (χ0v) is 11.5. The van der Waals surface area contributed by atoms with E-state index in [1.807, 2.05) is 19.1 Å². The van der Waals surface area contributed by atoms with Gasteiger partial charge in [-0.15, -0.1) is 0 Å². The maximum absolute atomic E-state index is 11.9. The molecule has 0 saturated carbocycles. The normalized spacial score (nSPS) is 11.3. The number of nitrogens with zero attached hydrogens (tertiary/aromatic N) is 1. The van der Waals surface area contributed by atoms with Gasteiger partial charge in [-0.2, -0.15) is 0 Å². The maximum Gasteiger partial charge on any atom is 0.269 e. The predicted molar refractivity (Wildman–Crippen MR) is 73.4 cm³/mol. The van der Waals surface area contributed by atoms with Crippen LogP contribution in [0.2, 0.25) is 0 Å². The van der Waals surface area contributed by atoms with Crippen LogP contribution in [0.3, 0.4) is 0 Å². The summed E-state index contributed by atoms with van der Waals surface area (Å²) in [5, 5.41) is 2.93. The number of pyridine rings is 1. The second-order valence-electron chi connectivity index (χ2n) is 5.40. The first-order valence-corrected chi connectivity index (χ1v) is 6.36. The standard InChI is InChI=1S/C14H23N3O/c1-11-6-4-7-12(17-11)13(18)16-10-14(2,3)8-5-9-15/h4,6-7H,5,8-10,15H2,1-3H3,(H,16,18). The summed E-state index contributed by atoms with van der Waals surface area (Å²) in [6, 6.07) is 5.45. The van der Waals surface area contributed by atoms with Gasteiger partial charge in [0.1, 0.15) is 5.69 Å². The first kappa shape index (κ1) is 14.6. The summed E-state index contributed by atoms with van der Waals surface area (Å²) in [4.78, 5) is 16.1. The summed E-state index contributed by atoms with van der Waals surface area (Å²) >= 11 is 0. The minimum absolute atomic E-state index is 0.0683. The molecule has 18 heavy (non-hydrogen) atoms. The number of amides is 1. The molecule has 1 aromatic rings. The summed E-state index contributed by atoms with van der Waals surface area (Å²) in [6.07, 6.45) is 1.98. The average Bonchev–Trinajstić information content (AvgIpc) is 2.34. The van der Waals surface area contributed by atoms with Gasteiger partial charge in [0, 0.05) is 12.2 Å². The molecule has 0 bridgehead atoms. The molecule has 0 unspecified atom stereocenters. The lowest BCUT2D eigenvalue weighted by atomic mass is 9.88. The minimum Gasteiger partial charge on any atom is -0.350 e. The van der Waals surface area contributed by atoms with E-state index in [1.54, 1.807) is 6.07 Å². The van der Waals surface area contributed by atoms with E-state index in [2.05, 4.69) is 24.1 Å². The molecule has 0 fully saturated rings. The van der Waals surface area contributed by atoms with E-state index >= 15 is 0 Å². The highest BCUT2D eigenvalue weighted by atomic mass is 16.1. The van der Waals surface area contributed by atoms with Crippen LogP contribution < -0.4 is 11.1 Å². The van der Waals surface area contributed by atoms with Crippen molar-refractivity contribution >= 4 is 5.91 Å². The molecule has 0 aliphatic heterocycles. The molecule has 0 atom stereocenters. The van der Waals surface area contributed by atoms with Crippen LogP contribution >= 0.6 is 0 Å². The molecule has 1 heterocycles. The Balaban J connectivity index is 2.50. The summed E-state index contributed by atoms with van der Waals surface area (Å²) in [6.45, 7) is 7.47. The van der Waals surface area contributed by atoms with Crippen LogP contribution in [0, 0.1) is 12.3 Å². The van der Waals surface area contributed by atoms with Crippen LogP contribution in [0.5, 0.6) is 0 Å². The van der Waals surface area contributed by atoms with E-state index in [-0.39, 0.29) is 11.3 Å². The number of carbonyl (C=O) groups is 1. The molecule has 0 saturated heterocycles. The van der Waals surface area contributed by atoms with Crippen molar-refractivity contribution in [3.05, 3.63) is 29.6 Å². The van der Waals surface area contributed by atoms with E-state index in [1.165, 1.54) is 0 Å². The Bertz CT molecular complexity index is 402. The highest BCUT2D eigenvalue weighted by molar-refractivity contribution is 5.92. The lowest BCUT2D eigenvalue weighted by Gasteiger charge is -2.24. The van der Waals surface area contributed by atoms with Crippen molar-refractivity contribution in [3.8, 4) is 0 Å². The topological polar surface area (TPSA) is 68.0 Å². The smallest absolute Gasteiger partial charge is 0.269 e. The molecular weight excluding hydrogens is 226 g/mol. The van der Waals surface area contributed by atoms with Gasteiger partial charge in [0.15, 0.2) is 0 Å². The quantitative estimate of drug-likeness (QED) is 0.809. The summed E-state index contributed by atoms with van der Waals surface area (Å²) < 4.78 is 0. The first-order valence-electron chi connectivity index (χ1n) is 6.36. The van der Waals surface area contributed by atoms with Gasteiger partial charge >= 0.3 is 0 Å². The third-order valence-corrected chi connectivity index (χ3v) is 2.91. The number of hydrogen-bond donors (Lipinski definition) is 2. The van der Waals surface area contributed by atoms with Crippen molar-refractivity contribution < 1.29 is 4.79 Å². The number of carbonyl (C=O) groups excluding carboxylic acids is 1. The fraction of sp³-hybridized carbons (Fsp3) is 0.571. The van der Waals surface area contributed by atoms with Crippen molar-refractivity contribution in [2.24, 2.45) is 11.1 Å².